The van der Waals surface area contributed by atoms with Crippen LogP contribution in [0, 0.1) is 6.92 Å². The summed E-state index contributed by atoms with van der Waals surface area (Å²) in [6.07, 6.45) is 0. The van der Waals surface area contributed by atoms with Gasteiger partial charge in [0.25, 0.3) is 6.71 Å². The van der Waals surface area contributed by atoms with Crippen molar-refractivity contribution in [1.29, 1.82) is 0 Å². The average molecular weight is 808 g/mol. The molecular weight excluding hydrogens is 769 g/mol. The lowest BCUT2D eigenvalue weighted by molar-refractivity contribution is 0.465. The van der Waals surface area contributed by atoms with Crippen LogP contribution in [0.3, 0.4) is 0 Å². The molecule has 0 radical (unpaired) electrons. The van der Waals surface area contributed by atoms with Crippen molar-refractivity contribution in [3.05, 3.63) is 218 Å². The number of ether oxygens (including phenoxy) is 2. The monoisotopic (exact) mass is 807 g/mol. The molecule has 10 aromatic carbocycles. The molecule has 0 atom stereocenters. The largest absolute Gasteiger partial charge is 0.458 e. The first-order valence-corrected chi connectivity index (χ1v) is 21.6. The van der Waals surface area contributed by atoms with E-state index in [0.717, 1.165) is 118 Å². The first-order chi connectivity index (χ1) is 31.2. The number of benzene rings is 10. The van der Waals surface area contributed by atoms with Gasteiger partial charge in [-0.2, -0.15) is 0 Å². The minimum absolute atomic E-state index is 0.223. The molecule has 3 aliphatic heterocycles. The summed E-state index contributed by atoms with van der Waals surface area (Å²) in [5.41, 5.74) is 13.9. The average Bonchev–Trinajstić information content (AvgIpc) is 3.34. The normalized spacial score (nSPS) is 13.0. The zero-order valence-corrected chi connectivity index (χ0v) is 34.4. The Labute approximate surface area is 366 Å². The van der Waals surface area contributed by atoms with E-state index in [1.54, 1.807) is 0 Å². The third-order valence-corrected chi connectivity index (χ3v) is 12.8. The van der Waals surface area contributed by atoms with Crippen molar-refractivity contribution in [2.45, 2.75) is 6.92 Å². The lowest BCUT2D eigenvalue weighted by atomic mass is 9.33. The van der Waals surface area contributed by atoms with Gasteiger partial charge in [0.1, 0.15) is 28.7 Å². The second kappa shape index (κ2) is 13.9. The van der Waals surface area contributed by atoms with Crippen LogP contribution < -0.4 is 40.6 Å². The third kappa shape index (κ3) is 5.31. The first kappa shape index (κ1) is 35.5. The molecule has 0 fully saturated rings. The molecule has 63 heavy (non-hydrogen) atoms. The van der Waals surface area contributed by atoms with Gasteiger partial charge in [-0.05, 0) is 107 Å². The van der Waals surface area contributed by atoms with E-state index >= 15 is 0 Å². The van der Waals surface area contributed by atoms with Crippen LogP contribution in [0.2, 0.25) is 0 Å². The number of para-hydroxylation sites is 6. The Balaban J connectivity index is 1.16. The maximum absolute atomic E-state index is 7.51. The standard InChI is InChI=1S/C57H38BN3O2/c1-37-34-49-54-50(35-37)63-57-53(58(54)52-43-29-15-14-28-42(43)48(36-51(52)62-49)59(38-20-6-2-7-21-38)39-22-8-3-9-23-39)44-30-16-17-31-45(44)55-56(57)61(41-26-12-5-13-27-41)47-33-19-18-32-46(47)60(55)40-24-10-4-11-25-40/h2-36H,1H3. The Morgan fingerprint density at radius 1 is 0.397 bits per heavy atom. The van der Waals surface area contributed by atoms with Gasteiger partial charge in [0.05, 0.1) is 22.7 Å². The van der Waals surface area contributed by atoms with Crippen LogP contribution in [0.1, 0.15) is 5.56 Å². The van der Waals surface area contributed by atoms with Gasteiger partial charge in [-0.3, -0.25) is 0 Å². The highest BCUT2D eigenvalue weighted by atomic mass is 16.5. The van der Waals surface area contributed by atoms with E-state index in [2.05, 4.69) is 234 Å². The summed E-state index contributed by atoms with van der Waals surface area (Å²) in [5, 5.41) is 4.54. The predicted molar refractivity (Wildman–Crippen MR) is 261 cm³/mol. The molecule has 5 nitrogen and oxygen atoms in total. The fourth-order valence-electron chi connectivity index (χ4n) is 10.4. The fraction of sp³-hybridized carbons (Fsp3) is 0.0175. The van der Waals surface area contributed by atoms with Crippen molar-refractivity contribution < 1.29 is 9.47 Å². The van der Waals surface area contributed by atoms with E-state index in [-0.39, 0.29) is 6.71 Å². The molecule has 0 unspecified atom stereocenters. The van der Waals surface area contributed by atoms with Gasteiger partial charge in [-0.25, -0.2) is 0 Å². The van der Waals surface area contributed by atoms with Gasteiger partial charge in [-0.1, -0.05) is 133 Å². The number of rotatable bonds is 5. The van der Waals surface area contributed by atoms with Gasteiger partial charge in [-0.15, -0.1) is 0 Å². The number of anilines is 9. The van der Waals surface area contributed by atoms with Gasteiger partial charge in [0.15, 0.2) is 0 Å². The van der Waals surface area contributed by atoms with E-state index < -0.39 is 0 Å². The zero-order chi connectivity index (χ0) is 41.6. The van der Waals surface area contributed by atoms with Crippen molar-refractivity contribution in [1.82, 2.24) is 0 Å². The zero-order valence-electron chi connectivity index (χ0n) is 34.4. The predicted octanol–water partition coefficient (Wildman–Crippen LogP) is 13.8. The van der Waals surface area contributed by atoms with Crippen LogP contribution in [0.15, 0.2) is 212 Å². The van der Waals surface area contributed by atoms with Crippen LogP contribution in [-0.4, -0.2) is 6.71 Å². The molecule has 296 valence electrons. The van der Waals surface area contributed by atoms with Crippen molar-refractivity contribution in [3.63, 3.8) is 0 Å². The molecule has 6 heteroatoms. The maximum atomic E-state index is 7.51. The van der Waals surface area contributed by atoms with Gasteiger partial charge < -0.3 is 24.2 Å². The van der Waals surface area contributed by atoms with Crippen molar-refractivity contribution in [2.24, 2.45) is 0 Å². The molecule has 0 aromatic heterocycles. The van der Waals surface area contributed by atoms with Crippen LogP contribution in [0.4, 0.5) is 51.2 Å². The molecule has 0 saturated heterocycles. The minimum Gasteiger partial charge on any atom is -0.458 e. The SMILES string of the molecule is Cc1cc2c3c(c1)Oc1c4c(c5ccccc5c1B3c1c(cc(N(c3ccccc3)c3ccccc3)c3ccccc13)O2)N(c1ccccc1)c1ccccc1N4c1ccccc1. The Kier molecular flexibility index (Phi) is 7.85. The molecule has 0 spiro atoms. The summed E-state index contributed by atoms with van der Waals surface area (Å²) >= 11 is 0. The summed E-state index contributed by atoms with van der Waals surface area (Å²) in [6.45, 7) is 1.90. The second-order valence-electron chi connectivity index (χ2n) is 16.5. The Bertz CT molecular complexity index is 3400. The number of hydrogen-bond acceptors (Lipinski definition) is 5. The van der Waals surface area contributed by atoms with E-state index in [1.165, 1.54) is 0 Å². The summed E-state index contributed by atoms with van der Waals surface area (Å²) < 4.78 is 14.7. The van der Waals surface area contributed by atoms with Gasteiger partial charge in [0, 0.05) is 45.1 Å². The molecule has 0 amide bonds. The summed E-state index contributed by atoms with van der Waals surface area (Å²) in [7, 11) is 0. The van der Waals surface area contributed by atoms with Gasteiger partial charge >= 0.3 is 0 Å². The van der Waals surface area contributed by atoms with Crippen LogP contribution in [0.5, 0.6) is 23.0 Å². The molecule has 10 aromatic rings. The highest BCUT2D eigenvalue weighted by molar-refractivity contribution is 7.01. The topological polar surface area (TPSA) is 28.2 Å². The minimum atomic E-state index is -0.223. The van der Waals surface area contributed by atoms with Crippen LogP contribution in [-0.2, 0) is 0 Å². The molecule has 0 N–H and O–H groups in total. The van der Waals surface area contributed by atoms with E-state index in [0.29, 0.717) is 0 Å². The molecule has 0 saturated carbocycles. The van der Waals surface area contributed by atoms with Crippen LogP contribution >= 0.6 is 0 Å². The Morgan fingerprint density at radius 2 is 0.841 bits per heavy atom. The molecule has 3 heterocycles. The maximum Gasteiger partial charge on any atom is 0.262 e. The highest BCUT2D eigenvalue weighted by Crippen LogP contribution is 2.60. The lowest BCUT2D eigenvalue weighted by Gasteiger charge is -2.44. The number of aryl methyl sites for hydroxylation is 1. The molecule has 3 aliphatic rings. The quantitative estimate of drug-likeness (QED) is 0.162. The highest BCUT2D eigenvalue weighted by Gasteiger charge is 2.47. The molecule has 0 aliphatic carbocycles. The number of nitrogens with zero attached hydrogens (tertiary/aromatic N) is 3. The van der Waals surface area contributed by atoms with Crippen molar-refractivity contribution in [2.75, 3.05) is 14.7 Å². The van der Waals surface area contributed by atoms with Gasteiger partial charge in [0.2, 0.25) is 0 Å². The summed E-state index contributed by atoms with van der Waals surface area (Å²) in [5.74, 6) is 3.30. The fourth-order valence-corrected chi connectivity index (χ4v) is 10.4. The summed E-state index contributed by atoms with van der Waals surface area (Å²) in [4.78, 5) is 7.19. The molecular formula is C57H38BN3O2. The van der Waals surface area contributed by atoms with Crippen LogP contribution in [0.25, 0.3) is 21.5 Å². The van der Waals surface area contributed by atoms with Crippen molar-refractivity contribution >= 4 is 95.8 Å². The smallest absolute Gasteiger partial charge is 0.262 e. The second-order valence-corrected chi connectivity index (χ2v) is 16.5. The van der Waals surface area contributed by atoms with E-state index in [9.17, 15) is 0 Å². The molecule has 13 rings (SSSR count). The number of hydrogen-bond donors (Lipinski definition) is 0. The molecule has 0 bridgehead atoms. The third-order valence-electron chi connectivity index (χ3n) is 12.8. The Hall–Kier alpha value is -8.22. The Morgan fingerprint density at radius 3 is 1.43 bits per heavy atom. The summed E-state index contributed by atoms with van der Waals surface area (Å²) in [6, 6.07) is 75.8. The van der Waals surface area contributed by atoms with E-state index in [4.69, 9.17) is 9.47 Å². The lowest BCUT2D eigenvalue weighted by Crippen LogP contribution is -2.58. The van der Waals surface area contributed by atoms with E-state index in [1.807, 2.05) is 0 Å². The van der Waals surface area contributed by atoms with Crippen molar-refractivity contribution in [3.8, 4) is 23.0 Å². The number of fused-ring (bicyclic) bond motifs is 12. The first-order valence-electron chi connectivity index (χ1n) is 21.6.